The molecule has 0 radical (unpaired) electrons. The summed E-state index contributed by atoms with van der Waals surface area (Å²) in [7, 11) is 3.21. The Balaban J connectivity index is 2.29. The van der Waals surface area contributed by atoms with Gasteiger partial charge in [0.2, 0.25) is 5.91 Å². The van der Waals surface area contributed by atoms with Crippen molar-refractivity contribution >= 4 is 17.5 Å². The fourth-order valence-electron chi connectivity index (χ4n) is 1.99. The number of ether oxygens (including phenoxy) is 2. The number of methoxy groups -OCH3 is 2. The molecule has 0 atom stereocenters. The lowest BCUT2D eigenvalue weighted by Crippen LogP contribution is -2.35. The fourth-order valence-corrected chi connectivity index (χ4v) is 2.06. The third-order valence-corrected chi connectivity index (χ3v) is 3.40. The van der Waals surface area contributed by atoms with Gasteiger partial charge in [-0.15, -0.1) is 11.6 Å². The lowest BCUT2D eigenvalue weighted by Gasteiger charge is -2.19. The van der Waals surface area contributed by atoms with Gasteiger partial charge < -0.3 is 14.8 Å². The predicted molar refractivity (Wildman–Crippen MR) is 69.3 cm³/mol. The molecular formula is C13H16ClNO3. The predicted octanol–water partition coefficient (Wildman–Crippen LogP) is 2.05. The SMILES string of the molecule is COc1cc(OC)cc(C2(NC(=O)CCl)CC2)c1. The standard InChI is InChI=1S/C13H16ClNO3/c1-17-10-5-9(6-11(7-10)18-2)13(3-4-13)15-12(16)8-14/h5-7H,3-4,8H2,1-2H3,(H,15,16). The van der Waals surface area contributed by atoms with Gasteiger partial charge in [0.1, 0.15) is 17.4 Å². The zero-order valence-corrected chi connectivity index (χ0v) is 11.2. The Morgan fingerprint density at radius 1 is 1.28 bits per heavy atom. The number of hydrogen-bond donors (Lipinski definition) is 1. The van der Waals surface area contributed by atoms with Gasteiger partial charge in [-0.3, -0.25) is 4.79 Å². The van der Waals surface area contributed by atoms with Crippen LogP contribution in [0.5, 0.6) is 11.5 Å². The maximum atomic E-state index is 11.4. The van der Waals surface area contributed by atoms with Gasteiger partial charge in [0, 0.05) is 6.07 Å². The quantitative estimate of drug-likeness (QED) is 0.833. The Morgan fingerprint density at radius 2 is 1.83 bits per heavy atom. The van der Waals surface area contributed by atoms with E-state index in [1.165, 1.54) is 0 Å². The summed E-state index contributed by atoms with van der Waals surface area (Å²) in [4.78, 5) is 11.4. The van der Waals surface area contributed by atoms with Crippen molar-refractivity contribution in [3.63, 3.8) is 0 Å². The lowest BCUT2D eigenvalue weighted by atomic mass is 10.0. The van der Waals surface area contributed by atoms with Crippen molar-refractivity contribution in [3.05, 3.63) is 23.8 Å². The van der Waals surface area contributed by atoms with Crippen LogP contribution in [0.1, 0.15) is 18.4 Å². The molecule has 1 aliphatic rings. The third-order valence-electron chi connectivity index (χ3n) is 3.15. The van der Waals surface area contributed by atoms with Gasteiger partial charge in [0.25, 0.3) is 0 Å². The van der Waals surface area contributed by atoms with Crippen LogP contribution in [-0.4, -0.2) is 26.0 Å². The van der Waals surface area contributed by atoms with Crippen LogP contribution in [0, 0.1) is 0 Å². The van der Waals surface area contributed by atoms with Gasteiger partial charge in [-0.05, 0) is 30.5 Å². The number of nitrogens with one attached hydrogen (secondary N) is 1. The minimum absolute atomic E-state index is 0.0249. The highest BCUT2D eigenvalue weighted by atomic mass is 35.5. The Bertz CT molecular complexity index is 435. The average Bonchev–Trinajstić information content (AvgIpc) is 3.18. The van der Waals surface area contributed by atoms with E-state index in [1.54, 1.807) is 14.2 Å². The van der Waals surface area contributed by atoms with Crippen LogP contribution in [0.4, 0.5) is 0 Å². The first-order valence-corrected chi connectivity index (χ1v) is 6.27. The highest BCUT2D eigenvalue weighted by Crippen LogP contribution is 2.47. The molecule has 1 fully saturated rings. The molecule has 0 heterocycles. The van der Waals surface area contributed by atoms with Crippen LogP contribution in [-0.2, 0) is 10.3 Å². The van der Waals surface area contributed by atoms with Crippen LogP contribution >= 0.6 is 11.6 Å². The molecule has 1 N–H and O–H groups in total. The summed E-state index contributed by atoms with van der Waals surface area (Å²) in [5.41, 5.74) is 0.700. The second-order valence-electron chi connectivity index (χ2n) is 4.37. The number of alkyl halides is 1. The number of rotatable bonds is 5. The summed E-state index contributed by atoms with van der Waals surface area (Å²) in [5, 5.41) is 2.95. The summed E-state index contributed by atoms with van der Waals surface area (Å²) in [6, 6.07) is 5.65. The van der Waals surface area contributed by atoms with Gasteiger partial charge in [0.05, 0.1) is 19.8 Å². The molecule has 1 aromatic carbocycles. The van der Waals surface area contributed by atoms with Crippen molar-refractivity contribution in [2.45, 2.75) is 18.4 Å². The third kappa shape index (κ3) is 2.53. The Hall–Kier alpha value is -1.42. The summed E-state index contributed by atoms with van der Waals surface area (Å²) < 4.78 is 10.5. The van der Waals surface area contributed by atoms with E-state index in [9.17, 15) is 4.79 Å². The van der Waals surface area contributed by atoms with Gasteiger partial charge in [-0.2, -0.15) is 0 Å². The van der Waals surface area contributed by atoms with Gasteiger partial charge >= 0.3 is 0 Å². The molecule has 0 aliphatic heterocycles. The highest BCUT2D eigenvalue weighted by molar-refractivity contribution is 6.27. The maximum Gasteiger partial charge on any atom is 0.235 e. The van der Waals surface area contributed by atoms with E-state index in [1.807, 2.05) is 18.2 Å². The molecule has 1 aliphatic carbocycles. The van der Waals surface area contributed by atoms with Crippen molar-refractivity contribution in [2.24, 2.45) is 0 Å². The zero-order valence-electron chi connectivity index (χ0n) is 10.5. The van der Waals surface area contributed by atoms with Crippen LogP contribution in [0.3, 0.4) is 0 Å². The molecule has 0 bridgehead atoms. The lowest BCUT2D eigenvalue weighted by molar-refractivity contribution is -0.119. The Labute approximate surface area is 111 Å². The maximum absolute atomic E-state index is 11.4. The minimum atomic E-state index is -0.298. The Kier molecular flexibility index (Phi) is 3.66. The van der Waals surface area contributed by atoms with Crippen LogP contribution in [0.15, 0.2) is 18.2 Å². The monoisotopic (exact) mass is 269 g/mol. The molecule has 1 aromatic rings. The fraction of sp³-hybridized carbons (Fsp3) is 0.462. The number of hydrogen-bond acceptors (Lipinski definition) is 3. The first-order chi connectivity index (χ1) is 8.63. The molecule has 0 unspecified atom stereocenters. The van der Waals surface area contributed by atoms with E-state index in [4.69, 9.17) is 21.1 Å². The van der Waals surface area contributed by atoms with Crippen molar-refractivity contribution in [2.75, 3.05) is 20.1 Å². The Morgan fingerprint density at radius 3 is 2.22 bits per heavy atom. The largest absolute Gasteiger partial charge is 0.497 e. The highest BCUT2D eigenvalue weighted by Gasteiger charge is 2.46. The van der Waals surface area contributed by atoms with Gasteiger partial charge in [-0.1, -0.05) is 0 Å². The van der Waals surface area contributed by atoms with E-state index in [2.05, 4.69) is 5.32 Å². The summed E-state index contributed by atoms with van der Waals surface area (Å²) in [6.45, 7) is 0. The van der Waals surface area contributed by atoms with Crippen molar-refractivity contribution in [1.29, 1.82) is 0 Å². The molecule has 0 spiro atoms. The second-order valence-corrected chi connectivity index (χ2v) is 4.63. The molecule has 4 nitrogen and oxygen atoms in total. The summed E-state index contributed by atoms with van der Waals surface area (Å²) >= 11 is 5.53. The summed E-state index contributed by atoms with van der Waals surface area (Å²) in [5.74, 6) is 1.26. The number of amides is 1. The smallest absolute Gasteiger partial charge is 0.235 e. The van der Waals surface area contributed by atoms with Gasteiger partial charge in [0.15, 0.2) is 0 Å². The molecule has 98 valence electrons. The van der Waals surface area contributed by atoms with Crippen molar-refractivity contribution < 1.29 is 14.3 Å². The van der Waals surface area contributed by atoms with E-state index in [0.717, 1.165) is 29.9 Å². The number of carbonyl (C=O) groups excluding carboxylic acids is 1. The van der Waals surface area contributed by atoms with E-state index in [0.29, 0.717) is 0 Å². The van der Waals surface area contributed by atoms with Crippen molar-refractivity contribution in [3.8, 4) is 11.5 Å². The molecular weight excluding hydrogens is 254 g/mol. The van der Waals surface area contributed by atoms with Gasteiger partial charge in [-0.25, -0.2) is 0 Å². The minimum Gasteiger partial charge on any atom is -0.497 e. The van der Waals surface area contributed by atoms with E-state index in [-0.39, 0.29) is 17.3 Å². The number of halogens is 1. The van der Waals surface area contributed by atoms with E-state index >= 15 is 0 Å². The number of carbonyl (C=O) groups is 1. The normalized spacial score (nSPS) is 15.9. The number of benzene rings is 1. The second kappa shape index (κ2) is 5.06. The van der Waals surface area contributed by atoms with E-state index < -0.39 is 0 Å². The first-order valence-electron chi connectivity index (χ1n) is 5.74. The molecule has 2 rings (SSSR count). The van der Waals surface area contributed by atoms with Crippen molar-refractivity contribution in [1.82, 2.24) is 5.32 Å². The summed E-state index contributed by atoms with van der Waals surface area (Å²) in [6.07, 6.45) is 1.82. The first kappa shape index (κ1) is 13.0. The molecule has 1 amide bonds. The van der Waals surface area contributed by atoms with Crippen LogP contribution in [0.2, 0.25) is 0 Å². The molecule has 18 heavy (non-hydrogen) atoms. The van der Waals surface area contributed by atoms with Crippen LogP contribution < -0.4 is 14.8 Å². The topological polar surface area (TPSA) is 47.6 Å². The molecule has 5 heteroatoms. The molecule has 0 aromatic heterocycles. The molecule has 0 saturated heterocycles. The average molecular weight is 270 g/mol. The molecule has 1 saturated carbocycles. The zero-order chi connectivity index (χ0) is 13.2. The van der Waals surface area contributed by atoms with Crippen LogP contribution in [0.25, 0.3) is 0 Å².